The Morgan fingerprint density at radius 3 is 2.68 bits per heavy atom. The first-order valence-corrected chi connectivity index (χ1v) is 12.6. The van der Waals surface area contributed by atoms with Crippen molar-refractivity contribution in [3.8, 4) is 5.75 Å². The van der Waals surface area contributed by atoms with E-state index in [-0.39, 0.29) is 28.9 Å². The fraction of sp³-hybridized carbons (Fsp3) is 0.250. The fourth-order valence-corrected chi connectivity index (χ4v) is 4.99. The molecule has 1 aliphatic rings. The Labute approximate surface area is 223 Å². The normalized spacial score (nSPS) is 14.1. The molecule has 5 rings (SSSR count). The number of amides is 1. The van der Waals surface area contributed by atoms with E-state index in [1.54, 1.807) is 19.3 Å². The quantitative estimate of drug-likeness (QED) is 0.170. The van der Waals surface area contributed by atoms with Gasteiger partial charge in [0.2, 0.25) is 11.7 Å². The third-order valence-corrected chi connectivity index (χ3v) is 7.15. The number of hydrogen-bond acceptors (Lipinski definition) is 6. The number of furan rings is 2. The number of esters is 1. The predicted molar refractivity (Wildman–Crippen MR) is 142 cm³/mol. The van der Waals surface area contributed by atoms with Crippen LogP contribution in [0.4, 0.5) is 0 Å². The van der Waals surface area contributed by atoms with Gasteiger partial charge < -0.3 is 13.6 Å². The molecule has 4 aromatic rings. The van der Waals surface area contributed by atoms with Crippen molar-refractivity contribution >= 4 is 51.8 Å². The number of benzene rings is 2. The van der Waals surface area contributed by atoms with E-state index < -0.39 is 5.97 Å². The second-order valence-electron chi connectivity index (χ2n) is 9.09. The Morgan fingerprint density at radius 2 is 1.89 bits per heavy atom. The molecule has 0 bridgehead atoms. The number of nitrogens with zero attached hydrogens (tertiary/aromatic N) is 1. The van der Waals surface area contributed by atoms with E-state index in [9.17, 15) is 9.59 Å². The fourth-order valence-electron chi connectivity index (χ4n) is 4.55. The van der Waals surface area contributed by atoms with Crippen LogP contribution in [0.3, 0.4) is 0 Å². The maximum Gasteiger partial charge on any atom is 0.379 e. The van der Waals surface area contributed by atoms with Crippen molar-refractivity contribution in [1.82, 2.24) is 5.43 Å². The van der Waals surface area contributed by atoms with Crippen molar-refractivity contribution in [2.75, 3.05) is 0 Å². The first-order chi connectivity index (χ1) is 17.7. The Morgan fingerprint density at radius 1 is 1.08 bits per heavy atom. The van der Waals surface area contributed by atoms with Gasteiger partial charge in [0.25, 0.3) is 0 Å². The lowest BCUT2D eigenvalue weighted by molar-refractivity contribution is -0.120. The molecule has 0 saturated heterocycles. The van der Waals surface area contributed by atoms with E-state index in [0.717, 1.165) is 39.6 Å². The third kappa shape index (κ3) is 4.89. The van der Waals surface area contributed by atoms with E-state index >= 15 is 0 Å². The molecule has 0 saturated carbocycles. The van der Waals surface area contributed by atoms with Gasteiger partial charge in [-0.3, -0.25) is 4.79 Å². The van der Waals surface area contributed by atoms with Crippen LogP contribution in [-0.2, 0) is 17.6 Å². The number of fused-ring (bicyclic) bond motifs is 2. The van der Waals surface area contributed by atoms with Gasteiger partial charge in [0.15, 0.2) is 0 Å². The Balaban J connectivity index is 1.33. The van der Waals surface area contributed by atoms with Crippen LogP contribution in [0, 0.1) is 20.8 Å². The molecule has 37 heavy (non-hydrogen) atoms. The SMILES string of the molecule is Cc1ccc2c(CC(=O)N/N=C3\CCCc4oc(C(=O)Oc5ccc(Cl)cc5Cl)c(C)c43)coc2c1C. The summed E-state index contributed by atoms with van der Waals surface area (Å²) in [5.74, 6) is -0.0382. The molecule has 0 atom stereocenters. The highest BCUT2D eigenvalue weighted by atomic mass is 35.5. The Kier molecular flexibility index (Phi) is 6.84. The maximum absolute atomic E-state index is 12.9. The molecule has 2 aromatic heterocycles. The van der Waals surface area contributed by atoms with Gasteiger partial charge in [0.05, 0.1) is 23.4 Å². The number of ether oxygens (including phenoxy) is 1. The molecule has 0 radical (unpaired) electrons. The molecule has 1 N–H and O–H groups in total. The zero-order valence-corrected chi connectivity index (χ0v) is 22.0. The lowest BCUT2D eigenvalue weighted by atomic mass is 9.93. The zero-order valence-electron chi connectivity index (χ0n) is 20.5. The zero-order chi connectivity index (χ0) is 26.3. The first kappa shape index (κ1) is 25.1. The number of carbonyl (C=O) groups is 2. The van der Waals surface area contributed by atoms with Crippen molar-refractivity contribution in [2.45, 2.75) is 46.5 Å². The van der Waals surface area contributed by atoms with Crippen LogP contribution in [-0.4, -0.2) is 17.6 Å². The minimum atomic E-state index is -0.670. The number of carbonyl (C=O) groups excluding carboxylic acids is 2. The molecule has 1 aliphatic carbocycles. The average molecular weight is 539 g/mol. The van der Waals surface area contributed by atoms with Crippen LogP contribution in [0.15, 0.2) is 50.5 Å². The number of halogens is 2. The highest BCUT2D eigenvalue weighted by molar-refractivity contribution is 6.35. The van der Waals surface area contributed by atoms with Gasteiger partial charge in [-0.1, -0.05) is 35.3 Å². The summed E-state index contributed by atoms with van der Waals surface area (Å²) in [6.45, 7) is 5.79. The van der Waals surface area contributed by atoms with E-state index in [1.165, 1.54) is 12.1 Å². The minimum absolute atomic E-state index is 0.0764. The summed E-state index contributed by atoms with van der Waals surface area (Å²) < 4.78 is 17.0. The molecular weight excluding hydrogens is 515 g/mol. The standard InChI is InChI=1S/C28H24Cl2N2O5/c1-14-7-9-19-17(13-35-26(19)15(14)2)11-24(33)32-31-21-5-4-6-23-25(21)16(3)27(36-23)28(34)37-22-10-8-18(29)12-20(22)30/h7-10,12-13H,4-6,11H2,1-3H3,(H,32,33)/b31-21+. The monoisotopic (exact) mass is 538 g/mol. The molecule has 0 fully saturated rings. The summed E-state index contributed by atoms with van der Waals surface area (Å²) in [5.41, 5.74) is 8.42. The van der Waals surface area contributed by atoms with Gasteiger partial charge in [0.1, 0.15) is 17.1 Å². The van der Waals surface area contributed by atoms with Gasteiger partial charge in [-0.25, -0.2) is 10.2 Å². The molecule has 190 valence electrons. The Hall–Kier alpha value is -3.55. The molecule has 0 spiro atoms. The number of hydrogen-bond donors (Lipinski definition) is 1. The molecule has 0 aliphatic heterocycles. The van der Waals surface area contributed by atoms with Gasteiger partial charge in [0, 0.05) is 33.5 Å². The van der Waals surface area contributed by atoms with Crippen molar-refractivity contribution in [2.24, 2.45) is 5.10 Å². The Bertz CT molecular complexity index is 1580. The van der Waals surface area contributed by atoms with E-state index in [0.29, 0.717) is 34.9 Å². The number of aryl methyl sites for hydroxylation is 3. The van der Waals surface area contributed by atoms with Gasteiger partial charge in [-0.2, -0.15) is 5.10 Å². The summed E-state index contributed by atoms with van der Waals surface area (Å²) in [4.78, 5) is 25.6. The molecule has 9 heteroatoms. The molecule has 7 nitrogen and oxygen atoms in total. The van der Waals surface area contributed by atoms with Crippen molar-refractivity contribution in [1.29, 1.82) is 0 Å². The average Bonchev–Trinajstić information content (AvgIpc) is 3.43. The molecule has 2 aromatic carbocycles. The van der Waals surface area contributed by atoms with Crippen molar-refractivity contribution in [3.05, 3.63) is 86.0 Å². The lowest BCUT2D eigenvalue weighted by Gasteiger charge is -2.13. The summed E-state index contributed by atoms with van der Waals surface area (Å²) >= 11 is 12.1. The second-order valence-corrected chi connectivity index (χ2v) is 9.93. The number of rotatable bonds is 5. The van der Waals surface area contributed by atoms with Crippen LogP contribution in [0.5, 0.6) is 5.75 Å². The number of nitrogens with one attached hydrogen (secondary N) is 1. The van der Waals surface area contributed by atoms with E-state index in [1.807, 2.05) is 26.0 Å². The smallest absolute Gasteiger partial charge is 0.379 e. The summed E-state index contributed by atoms with van der Waals surface area (Å²) in [7, 11) is 0. The number of hydrazone groups is 1. The van der Waals surface area contributed by atoms with Gasteiger partial charge in [-0.05, 0) is 62.9 Å². The van der Waals surface area contributed by atoms with Crippen LogP contribution in [0.1, 0.15) is 57.0 Å². The highest BCUT2D eigenvalue weighted by Gasteiger charge is 2.29. The summed E-state index contributed by atoms with van der Waals surface area (Å²) in [6, 6.07) is 8.58. The predicted octanol–water partition coefficient (Wildman–Crippen LogP) is 6.88. The highest BCUT2D eigenvalue weighted by Crippen LogP contribution is 2.33. The van der Waals surface area contributed by atoms with Gasteiger partial charge in [-0.15, -0.1) is 0 Å². The largest absolute Gasteiger partial charge is 0.464 e. The summed E-state index contributed by atoms with van der Waals surface area (Å²) in [6.07, 6.45) is 3.81. The van der Waals surface area contributed by atoms with E-state index in [2.05, 4.69) is 10.5 Å². The topological polar surface area (TPSA) is 94.0 Å². The lowest BCUT2D eigenvalue weighted by Crippen LogP contribution is -2.23. The molecule has 0 unspecified atom stereocenters. The molecule has 2 heterocycles. The van der Waals surface area contributed by atoms with Crippen LogP contribution < -0.4 is 10.2 Å². The van der Waals surface area contributed by atoms with Crippen LogP contribution in [0.25, 0.3) is 11.0 Å². The van der Waals surface area contributed by atoms with Crippen LogP contribution >= 0.6 is 23.2 Å². The maximum atomic E-state index is 12.9. The van der Waals surface area contributed by atoms with Crippen molar-refractivity contribution < 1.29 is 23.2 Å². The summed E-state index contributed by atoms with van der Waals surface area (Å²) in [5, 5.41) is 5.97. The van der Waals surface area contributed by atoms with Crippen molar-refractivity contribution in [3.63, 3.8) is 0 Å². The molecular formula is C28H24Cl2N2O5. The van der Waals surface area contributed by atoms with Crippen LogP contribution in [0.2, 0.25) is 10.0 Å². The minimum Gasteiger partial charge on any atom is -0.464 e. The molecule has 1 amide bonds. The van der Waals surface area contributed by atoms with Gasteiger partial charge >= 0.3 is 5.97 Å². The first-order valence-electron chi connectivity index (χ1n) is 11.8. The van der Waals surface area contributed by atoms with E-state index in [4.69, 9.17) is 36.8 Å². The third-order valence-electron chi connectivity index (χ3n) is 6.62. The second kappa shape index (κ2) is 10.1.